The number of halogens is 3. The van der Waals surface area contributed by atoms with Gasteiger partial charge in [-0.05, 0) is 12.1 Å². The molecule has 0 spiro atoms. The van der Waals surface area contributed by atoms with E-state index in [4.69, 9.17) is 5.11 Å². The van der Waals surface area contributed by atoms with Gasteiger partial charge in [0.15, 0.2) is 11.4 Å². The van der Waals surface area contributed by atoms with Crippen molar-refractivity contribution in [3.63, 3.8) is 0 Å². The van der Waals surface area contributed by atoms with Crippen LogP contribution in [-0.2, 0) is 6.18 Å². The standard InChI is InChI=1S/C11H7F3N2O3/c12-11(13,14)9-5-8(10(18)19)16(15-9)6-2-1-3-7(17)4-6/h1-5,17H,(H,18,19). The molecule has 0 radical (unpaired) electrons. The van der Waals surface area contributed by atoms with Crippen LogP contribution >= 0.6 is 0 Å². The van der Waals surface area contributed by atoms with Gasteiger partial charge in [-0.25, -0.2) is 9.48 Å². The summed E-state index contributed by atoms with van der Waals surface area (Å²) >= 11 is 0. The molecule has 2 N–H and O–H groups in total. The van der Waals surface area contributed by atoms with E-state index < -0.39 is 23.5 Å². The van der Waals surface area contributed by atoms with Crippen LogP contribution in [0.1, 0.15) is 16.2 Å². The molecule has 2 rings (SSSR count). The van der Waals surface area contributed by atoms with Gasteiger partial charge in [0.25, 0.3) is 0 Å². The van der Waals surface area contributed by atoms with Gasteiger partial charge in [-0.2, -0.15) is 18.3 Å². The average Bonchev–Trinajstić information content (AvgIpc) is 2.73. The van der Waals surface area contributed by atoms with Crippen LogP contribution in [0.2, 0.25) is 0 Å². The Labute approximate surface area is 104 Å². The lowest BCUT2D eigenvalue weighted by molar-refractivity contribution is -0.141. The Morgan fingerprint density at radius 3 is 2.47 bits per heavy atom. The number of carbonyl (C=O) groups is 1. The average molecular weight is 272 g/mol. The van der Waals surface area contributed by atoms with Crippen LogP contribution in [0.4, 0.5) is 13.2 Å². The quantitative estimate of drug-likeness (QED) is 0.879. The minimum atomic E-state index is -4.74. The second-order valence-corrected chi connectivity index (χ2v) is 3.65. The first kappa shape index (κ1) is 12.9. The molecule has 8 heteroatoms. The predicted molar refractivity (Wildman–Crippen MR) is 57.2 cm³/mol. The van der Waals surface area contributed by atoms with Crippen molar-refractivity contribution in [2.24, 2.45) is 0 Å². The number of phenolic OH excluding ortho intramolecular Hbond substituents is 1. The van der Waals surface area contributed by atoms with E-state index in [1.54, 1.807) is 0 Å². The van der Waals surface area contributed by atoms with Crippen LogP contribution in [-0.4, -0.2) is 26.0 Å². The first-order valence-electron chi connectivity index (χ1n) is 4.99. The number of hydrogen-bond donors (Lipinski definition) is 2. The van der Waals surface area contributed by atoms with E-state index in [0.717, 1.165) is 6.07 Å². The minimum absolute atomic E-state index is 0.0212. The molecular formula is C11H7F3N2O3. The summed E-state index contributed by atoms with van der Waals surface area (Å²) in [5.74, 6) is -1.76. The third kappa shape index (κ3) is 2.51. The van der Waals surface area contributed by atoms with Crippen molar-refractivity contribution in [1.29, 1.82) is 0 Å². The highest BCUT2D eigenvalue weighted by atomic mass is 19.4. The molecule has 19 heavy (non-hydrogen) atoms. The zero-order valence-electron chi connectivity index (χ0n) is 9.22. The third-order valence-corrected chi connectivity index (χ3v) is 2.29. The van der Waals surface area contributed by atoms with Gasteiger partial charge in [0.2, 0.25) is 0 Å². The molecule has 100 valence electrons. The molecule has 0 amide bonds. The van der Waals surface area contributed by atoms with Gasteiger partial charge in [0.1, 0.15) is 5.75 Å². The van der Waals surface area contributed by atoms with E-state index >= 15 is 0 Å². The molecule has 0 fully saturated rings. The summed E-state index contributed by atoms with van der Waals surface area (Å²) in [4.78, 5) is 10.9. The van der Waals surface area contributed by atoms with Gasteiger partial charge >= 0.3 is 12.1 Å². The smallest absolute Gasteiger partial charge is 0.435 e. The predicted octanol–water partition coefficient (Wildman–Crippen LogP) is 2.29. The number of aromatic hydroxyl groups is 1. The number of aromatic carboxylic acids is 1. The Hall–Kier alpha value is -2.51. The number of carboxylic acids is 1. The fourth-order valence-electron chi connectivity index (χ4n) is 1.49. The molecule has 0 unspecified atom stereocenters. The third-order valence-electron chi connectivity index (χ3n) is 2.29. The van der Waals surface area contributed by atoms with Crippen LogP contribution in [0.15, 0.2) is 30.3 Å². The van der Waals surface area contributed by atoms with Gasteiger partial charge in [-0.15, -0.1) is 0 Å². The summed E-state index contributed by atoms with van der Waals surface area (Å²) in [6, 6.07) is 5.55. The van der Waals surface area contributed by atoms with E-state index in [1.807, 2.05) is 0 Å². The zero-order valence-corrected chi connectivity index (χ0v) is 9.22. The fourth-order valence-corrected chi connectivity index (χ4v) is 1.49. The topological polar surface area (TPSA) is 75.3 Å². The summed E-state index contributed by atoms with van der Waals surface area (Å²) in [7, 11) is 0. The van der Waals surface area contributed by atoms with Crippen molar-refractivity contribution in [2.45, 2.75) is 6.18 Å². The number of nitrogens with zero attached hydrogens (tertiary/aromatic N) is 2. The number of hydrogen-bond acceptors (Lipinski definition) is 3. The zero-order chi connectivity index (χ0) is 14.2. The number of phenols is 1. The molecule has 1 heterocycles. The summed E-state index contributed by atoms with van der Waals surface area (Å²) < 4.78 is 38.2. The maximum Gasteiger partial charge on any atom is 0.435 e. The number of aromatic nitrogens is 2. The highest BCUT2D eigenvalue weighted by Gasteiger charge is 2.36. The summed E-state index contributed by atoms with van der Waals surface area (Å²) in [5, 5.41) is 21.4. The number of alkyl halides is 3. The lowest BCUT2D eigenvalue weighted by Crippen LogP contribution is -2.09. The minimum Gasteiger partial charge on any atom is -0.508 e. The number of rotatable bonds is 2. The molecule has 0 aliphatic carbocycles. The molecule has 2 aromatic rings. The van der Waals surface area contributed by atoms with E-state index in [9.17, 15) is 23.1 Å². The number of carboxylic acid groups (broad SMARTS) is 1. The maximum atomic E-state index is 12.5. The molecule has 0 aliphatic rings. The Morgan fingerprint density at radius 2 is 1.95 bits per heavy atom. The summed E-state index contributed by atoms with van der Waals surface area (Å²) in [6.07, 6.45) is -4.74. The monoisotopic (exact) mass is 272 g/mol. The Kier molecular flexibility index (Phi) is 2.93. The molecule has 1 aromatic carbocycles. The van der Waals surface area contributed by atoms with E-state index in [-0.39, 0.29) is 11.4 Å². The van der Waals surface area contributed by atoms with E-state index in [1.165, 1.54) is 18.2 Å². The van der Waals surface area contributed by atoms with Crippen molar-refractivity contribution >= 4 is 5.97 Å². The lowest BCUT2D eigenvalue weighted by Gasteiger charge is -2.05. The van der Waals surface area contributed by atoms with Crippen molar-refractivity contribution in [2.75, 3.05) is 0 Å². The summed E-state index contributed by atoms with van der Waals surface area (Å²) in [6.45, 7) is 0. The first-order chi connectivity index (χ1) is 8.79. The van der Waals surface area contributed by atoms with Gasteiger partial charge < -0.3 is 10.2 Å². The van der Waals surface area contributed by atoms with Gasteiger partial charge in [-0.1, -0.05) is 6.07 Å². The SMILES string of the molecule is O=C(O)c1cc(C(F)(F)F)nn1-c1cccc(O)c1. The van der Waals surface area contributed by atoms with Gasteiger partial charge in [-0.3, -0.25) is 0 Å². The van der Waals surface area contributed by atoms with Crippen LogP contribution in [0, 0.1) is 0 Å². The normalized spacial score (nSPS) is 11.5. The second kappa shape index (κ2) is 4.30. The molecule has 5 nitrogen and oxygen atoms in total. The Balaban J connectivity index is 2.62. The Morgan fingerprint density at radius 1 is 1.26 bits per heavy atom. The van der Waals surface area contributed by atoms with Crippen molar-refractivity contribution < 1.29 is 28.2 Å². The van der Waals surface area contributed by atoms with Crippen molar-refractivity contribution in [1.82, 2.24) is 9.78 Å². The highest BCUT2D eigenvalue weighted by molar-refractivity contribution is 5.86. The molecule has 0 atom stereocenters. The highest BCUT2D eigenvalue weighted by Crippen LogP contribution is 2.29. The molecule has 0 bridgehead atoms. The van der Waals surface area contributed by atoms with E-state index in [2.05, 4.69) is 5.10 Å². The molecule has 0 saturated heterocycles. The van der Waals surface area contributed by atoms with Gasteiger partial charge in [0, 0.05) is 12.1 Å². The van der Waals surface area contributed by atoms with E-state index in [0.29, 0.717) is 10.7 Å². The van der Waals surface area contributed by atoms with Crippen molar-refractivity contribution in [3.8, 4) is 11.4 Å². The van der Waals surface area contributed by atoms with Gasteiger partial charge in [0.05, 0.1) is 5.69 Å². The fraction of sp³-hybridized carbons (Fsp3) is 0.0909. The van der Waals surface area contributed by atoms with Crippen LogP contribution in [0.25, 0.3) is 5.69 Å². The maximum absolute atomic E-state index is 12.5. The molecule has 1 aromatic heterocycles. The van der Waals surface area contributed by atoms with Crippen molar-refractivity contribution in [3.05, 3.63) is 41.7 Å². The molecule has 0 aliphatic heterocycles. The van der Waals surface area contributed by atoms with Crippen LogP contribution in [0.3, 0.4) is 0 Å². The largest absolute Gasteiger partial charge is 0.508 e. The Bertz CT molecular complexity index is 634. The first-order valence-corrected chi connectivity index (χ1v) is 4.99. The molecule has 0 saturated carbocycles. The second-order valence-electron chi connectivity index (χ2n) is 3.65. The van der Waals surface area contributed by atoms with Crippen LogP contribution in [0.5, 0.6) is 5.75 Å². The summed E-state index contributed by atoms with van der Waals surface area (Å²) in [5.41, 5.74) is -1.93. The van der Waals surface area contributed by atoms with Crippen LogP contribution < -0.4 is 0 Å². The molecular weight excluding hydrogens is 265 g/mol. The lowest BCUT2D eigenvalue weighted by atomic mass is 10.3. The number of benzene rings is 1.